The molecule has 0 aliphatic carbocycles. The Morgan fingerprint density at radius 2 is 1.76 bits per heavy atom. The van der Waals surface area contributed by atoms with Gasteiger partial charge in [-0.25, -0.2) is 0 Å². The zero-order chi connectivity index (χ0) is 21.0. The fourth-order valence-electron chi connectivity index (χ4n) is 3.84. The summed E-state index contributed by atoms with van der Waals surface area (Å²) in [6.45, 7) is 4.08. The van der Waals surface area contributed by atoms with Gasteiger partial charge in [0.15, 0.2) is 5.96 Å². The van der Waals surface area contributed by atoms with Crippen LogP contribution in [-0.2, 0) is 17.8 Å². The summed E-state index contributed by atoms with van der Waals surface area (Å²) in [7, 11) is 1.62. The van der Waals surface area contributed by atoms with Crippen LogP contribution in [0.25, 0.3) is 0 Å². The summed E-state index contributed by atoms with van der Waals surface area (Å²) in [6, 6.07) is 6.67. The SMILES string of the molecule is CN=C(NCC(=O)N1CCc2ccccc2C1)N1CCN(C(C)C(F)(F)F)CC1. The summed E-state index contributed by atoms with van der Waals surface area (Å²) in [5.74, 6) is 0.542. The number of benzene rings is 1. The lowest BCUT2D eigenvalue weighted by atomic mass is 10.00. The standard InChI is InChI=1S/C20H28F3N5O/c1-15(20(21,22)23)26-9-11-27(12-10-26)19(24-2)25-13-18(29)28-8-7-16-5-3-4-6-17(16)14-28/h3-6,15H,7-14H2,1-2H3,(H,24,25). The minimum absolute atomic E-state index is 0.00928. The minimum Gasteiger partial charge on any atom is -0.347 e. The Morgan fingerprint density at radius 3 is 2.38 bits per heavy atom. The Labute approximate surface area is 169 Å². The zero-order valence-electron chi connectivity index (χ0n) is 16.9. The van der Waals surface area contributed by atoms with Crippen LogP contribution in [0.3, 0.4) is 0 Å². The summed E-state index contributed by atoms with van der Waals surface area (Å²) in [6.07, 6.45) is -3.38. The largest absolute Gasteiger partial charge is 0.403 e. The van der Waals surface area contributed by atoms with E-state index >= 15 is 0 Å². The molecule has 1 unspecified atom stereocenters. The van der Waals surface area contributed by atoms with Gasteiger partial charge in [0.25, 0.3) is 0 Å². The molecule has 3 rings (SSSR count). The number of alkyl halides is 3. The normalized spacial score (nSPS) is 19.7. The van der Waals surface area contributed by atoms with Crippen molar-refractivity contribution in [2.45, 2.75) is 32.1 Å². The van der Waals surface area contributed by atoms with Crippen molar-refractivity contribution in [1.29, 1.82) is 0 Å². The van der Waals surface area contributed by atoms with Crippen molar-refractivity contribution in [3.8, 4) is 0 Å². The lowest BCUT2D eigenvalue weighted by Crippen LogP contribution is -2.57. The van der Waals surface area contributed by atoms with Gasteiger partial charge in [0.1, 0.15) is 6.04 Å². The lowest BCUT2D eigenvalue weighted by molar-refractivity contribution is -0.181. The topological polar surface area (TPSA) is 51.2 Å². The average molecular weight is 411 g/mol. The summed E-state index contributed by atoms with van der Waals surface area (Å²) >= 11 is 0. The molecule has 6 nitrogen and oxygen atoms in total. The number of carbonyl (C=O) groups is 1. The molecule has 2 aliphatic heterocycles. The first-order valence-electron chi connectivity index (χ1n) is 9.90. The Balaban J connectivity index is 1.48. The maximum atomic E-state index is 12.9. The molecule has 1 amide bonds. The van der Waals surface area contributed by atoms with Crippen molar-refractivity contribution in [1.82, 2.24) is 20.0 Å². The molecule has 0 radical (unpaired) electrons. The number of rotatable bonds is 3. The first-order chi connectivity index (χ1) is 13.8. The van der Waals surface area contributed by atoms with Crippen molar-refractivity contribution < 1.29 is 18.0 Å². The molecule has 0 spiro atoms. The van der Waals surface area contributed by atoms with Gasteiger partial charge in [-0.1, -0.05) is 24.3 Å². The van der Waals surface area contributed by atoms with Gasteiger partial charge < -0.3 is 15.1 Å². The van der Waals surface area contributed by atoms with Gasteiger partial charge in [-0.2, -0.15) is 13.2 Å². The number of halogens is 3. The van der Waals surface area contributed by atoms with Gasteiger partial charge >= 0.3 is 6.18 Å². The van der Waals surface area contributed by atoms with E-state index in [4.69, 9.17) is 0 Å². The van der Waals surface area contributed by atoms with Crippen molar-refractivity contribution in [3.63, 3.8) is 0 Å². The average Bonchev–Trinajstić information content (AvgIpc) is 2.73. The highest BCUT2D eigenvalue weighted by atomic mass is 19.4. The number of nitrogens with one attached hydrogen (secondary N) is 1. The monoisotopic (exact) mass is 411 g/mol. The second kappa shape index (κ2) is 9.02. The molecule has 1 fully saturated rings. The maximum absolute atomic E-state index is 12.9. The van der Waals surface area contributed by atoms with Crippen LogP contribution in [0, 0.1) is 0 Å². The predicted octanol–water partition coefficient (Wildman–Crippen LogP) is 1.72. The number of fused-ring (bicyclic) bond motifs is 1. The summed E-state index contributed by atoms with van der Waals surface area (Å²) in [5.41, 5.74) is 2.46. The highest BCUT2D eigenvalue weighted by Gasteiger charge is 2.41. The molecule has 1 atom stereocenters. The van der Waals surface area contributed by atoms with Crippen molar-refractivity contribution in [3.05, 3.63) is 35.4 Å². The van der Waals surface area contributed by atoms with E-state index in [1.807, 2.05) is 28.0 Å². The van der Waals surface area contributed by atoms with E-state index in [1.54, 1.807) is 7.05 Å². The molecule has 0 bridgehead atoms. The Morgan fingerprint density at radius 1 is 1.10 bits per heavy atom. The molecule has 9 heteroatoms. The van der Waals surface area contributed by atoms with Crippen LogP contribution in [0.5, 0.6) is 0 Å². The molecule has 2 heterocycles. The van der Waals surface area contributed by atoms with Gasteiger partial charge in [-0.15, -0.1) is 0 Å². The quantitative estimate of drug-likeness (QED) is 0.608. The second-order valence-electron chi connectivity index (χ2n) is 7.48. The van der Waals surface area contributed by atoms with Gasteiger partial charge in [-0.3, -0.25) is 14.7 Å². The number of piperazine rings is 1. The van der Waals surface area contributed by atoms with Crippen LogP contribution in [0.4, 0.5) is 13.2 Å². The zero-order valence-corrected chi connectivity index (χ0v) is 16.9. The summed E-state index contributed by atoms with van der Waals surface area (Å²) < 4.78 is 38.7. The van der Waals surface area contributed by atoms with E-state index in [0.29, 0.717) is 45.2 Å². The molecule has 29 heavy (non-hydrogen) atoms. The molecule has 160 valence electrons. The Bertz CT molecular complexity index is 744. The van der Waals surface area contributed by atoms with Crippen LogP contribution in [0.1, 0.15) is 18.1 Å². The second-order valence-corrected chi connectivity index (χ2v) is 7.48. The van der Waals surface area contributed by atoms with Crippen LogP contribution < -0.4 is 5.32 Å². The number of guanidine groups is 1. The maximum Gasteiger partial charge on any atom is 0.403 e. The van der Waals surface area contributed by atoms with Crippen molar-refractivity contribution in [2.24, 2.45) is 4.99 Å². The van der Waals surface area contributed by atoms with E-state index in [0.717, 1.165) is 6.42 Å². The molecule has 1 N–H and O–H groups in total. The van der Waals surface area contributed by atoms with E-state index in [9.17, 15) is 18.0 Å². The molecule has 1 aromatic carbocycles. The van der Waals surface area contributed by atoms with Gasteiger partial charge in [0.2, 0.25) is 5.91 Å². The number of hydrogen-bond acceptors (Lipinski definition) is 3. The summed E-state index contributed by atoms with van der Waals surface area (Å²) in [5, 5.41) is 3.08. The third kappa shape index (κ3) is 5.20. The highest BCUT2D eigenvalue weighted by Crippen LogP contribution is 2.25. The Kier molecular flexibility index (Phi) is 6.66. The first-order valence-corrected chi connectivity index (χ1v) is 9.90. The fraction of sp³-hybridized carbons (Fsp3) is 0.600. The van der Waals surface area contributed by atoms with Crippen LogP contribution in [-0.4, -0.2) is 85.1 Å². The van der Waals surface area contributed by atoms with Gasteiger partial charge in [-0.05, 0) is 24.5 Å². The third-order valence-electron chi connectivity index (χ3n) is 5.73. The molecule has 1 aromatic rings. The molecule has 1 saturated heterocycles. The number of hydrogen-bond donors (Lipinski definition) is 1. The summed E-state index contributed by atoms with van der Waals surface area (Å²) in [4.78, 5) is 22.0. The first kappa shape index (κ1) is 21.4. The molecule has 2 aliphatic rings. The fourth-order valence-corrected chi connectivity index (χ4v) is 3.84. The van der Waals surface area contributed by atoms with E-state index in [-0.39, 0.29) is 12.5 Å². The molecular weight excluding hydrogens is 383 g/mol. The highest BCUT2D eigenvalue weighted by molar-refractivity contribution is 5.86. The van der Waals surface area contributed by atoms with Gasteiger partial charge in [0, 0.05) is 46.3 Å². The van der Waals surface area contributed by atoms with Crippen LogP contribution in [0.15, 0.2) is 29.3 Å². The number of nitrogens with zero attached hydrogens (tertiary/aromatic N) is 4. The smallest absolute Gasteiger partial charge is 0.347 e. The Hall–Kier alpha value is -2.29. The minimum atomic E-state index is -4.22. The predicted molar refractivity (Wildman–Crippen MR) is 106 cm³/mol. The van der Waals surface area contributed by atoms with Gasteiger partial charge in [0.05, 0.1) is 6.54 Å². The van der Waals surface area contributed by atoms with Crippen molar-refractivity contribution >= 4 is 11.9 Å². The number of aliphatic imine (C=N–C) groups is 1. The molecular formula is C20H28F3N5O. The van der Waals surface area contributed by atoms with E-state index < -0.39 is 12.2 Å². The molecule has 0 saturated carbocycles. The van der Waals surface area contributed by atoms with E-state index in [1.165, 1.54) is 23.0 Å². The third-order valence-corrected chi connectivity index (χ3v) is 5.73. The number of carbonyl (C=O) groups excluding carboxylic acids is 1. The molecule has 0 aromatic heterocycles. The van der Waals surface area contributed by atoms with Crippen molar-refractivity contribution in [2.75, 3.05) is 46.3 Å². The lowest BCUT2D eigenvalue weighted by Gasteiger charge is -2.39. The van der Waals surface area contributed by atoms with E-state index in [2.05, 4.69) is 16.4 Å². The van der Waals surface area contributed by atoms with Crippen LogP contribution >= 0.6 is 0 Å². The number of amides is 1. The van der Waals surface area contributed by atoms with Crippen LogP contribution in [0.2, 0.25) is 0 Å².